The Bertz CT molecular complexity index is 339. The molecule has 1 atom stereocenters. The highest BCUT2D eigenvalue weighted by Gasteiger charge is 2.17. The molecule has 0 aromatic heterocycles. The zero-order valence-electron chi connectivity index (χ0n) is 8.59. The molecule has 2 rings (SSSR count). The van der Waals surface area contributed by atoms with Gasteiger partial charge >= 0.3 is 0 Å². The Morgan fingerprint density at radius 2 is 2.33 bits per heavy atom. The van der Waals surface area contributed by atoms with Crippen molar-refractivity contribution in [3.8, 4) is 5.75 Å². The SMILES string of the molecule is Cc1cc(C2CNCCO2)cc(Cl)c1O. The van der Waals surface area contributed by atoms with Crippen LogP contribution in [0.4, 0.5) is 0 Å². The molecule has 2 N–H and O–H groups in total. The second-order valence-electron chi connectivity index (χ2n) is 3.73. The van der Waals surface area contributed by atoms with E-state index in [4.69, 9.17) is 16.3 Å². The molecule has 0 saturated carbocycles. The van der Waals surface area contributed by atoms with Crippen molar-refractivity contribution in [2.75, 3.05) is 19.7 Å². The van der Waals surface area contributed by atoms with Crippen molar-refractivity contribution in [1.82, 2.24) is 5.32 Å². The monoisotopic (exact) mass is 227 g/mol. The van der Waals surface area contributed by atoms with Crippen LogP contribution in [0, 0.1) is 6.92 Å². The first kappa shape index (κ1) is 10.7. The summed E-state index contributed by atoms with van der Waals surface area (Å²) in [5.41, 5.74) is 1.80. The molecule has 0 spiro atoms. The Balaban J connectivity index is 2.27. The molecule has 0 radical (unpaired) electrons. The molecule has 15 heavy (non-hydrogen) atoms. The first-order valence-corrected chi connectivity index (χ1v) is 5.37. The van der Waals surface area contributed by atoms with E-state index in [2.05, 4.69) is 5.32 Å². The first-order valence-electron chi connectivity index (χ1n) is 5.00. The molecule has 0 bridgehead atoms. The maximum atomic E-state index is 9.54. The number of hydrogen-bond acceptors (Lipinski definition) is 3. The number of ether oxygens (including phenoxy) is 1. The normalized spacial score (nSPS) is 21.6. The van der Waals surface area contributed by atoms with Crippen molar-refractivity contribution in [2.45, 2.75) is 13.0 Å². The molecule has 1 aromatic carbocycles. The van der Waals surface area contributed by atoms with E-state index < -0.39 is 0 Å². The van der Waals surface area contributed by atoms with Crippen LogP contribution in [0.3, 0.4) is 0 Å². The number of phenolic OH excluding ortho intramolecular Hbond substituents is 1. The van der Waals surface area contributed by atoms with Crippen LogP contribution in [-0.4, -0.2) is 24.8 Å². The van der Waals surface area contributed by atoms with Gasteiger partial charge in [-0.05, 0) is 30.2 Å². The molecule has 0 amide bonds. The molecule has 1 aliphatic rings. The standard InChI is InChI=1S/C11H14ClNO2/c1-7-4-8(5-9(12)11(7)14)10-6-13-2-3-15-10/h4-5,10,13-14H,2-3,6H2,1H3. The predicted octanol–water partition coefficient (Wildman–Crippen LogP) is 2.01. The number of halogens is 1. The van der Waals surface area contributed by atoms with Gasteiger partial charge in [0.1, 0.15) is 5.75 Å². The van der Waals surface area contributed by atoms with Crippen molar-refractivity contribution in [1.29, 1.82) is 0 Å². The van der Waals surface area contributed by atoms with E-state index >= 15 is 0 Å². The largest absolute Gasteiger partial charge is 0.506 e. The summed E-state index contributed by atoms with van der Waals surface area (Å²) in [7, 11) is 0. The van der Waals surface area contributed by atoms with E-state index in [0.29, 0.717) is 11.6 Å². The number of benzene rings is 1. The highest BCUT2D eigenvalue weighted by molar-refractivity contribution is 6.32. The van der Waals surface area contributed by atoms with Crippen molar-refractivity contribution in [2.24, 2.45) is 0 Å². The number of rotatable bonds is 1. The Morgan fingerprint density at radius 1 is 1.53 bits per heavy atom. The van der Waals surface area contributed by atoms with Gasteiger partial charge in [-0.15, -0.1) is 0 Å². The lowest BCUT2D eigenvalue weighted by atomic mass is 10.0. The Hall–Kier alpha value is -0.770. The van der Waals surface area contributed by atoms with Crippen LogP contribution in [0.15, 0.2) is 12.1 Å². The Kier molecular flexibility index (Phi) is 3.14. The van der Waals surface area contributed by atoms with Crippen molar-refractivity contribution in [3.63, 3.8) is 0 Å². The second-order valence-corrected chi connectivity index (χ2v) is 4.14. The van der Waals surface area contributed by atoms with Crippen LogP contribution in [0.1, 0.15) is 17.2 Å². The molecule has 1 heterocycles. The third-order valence-electron chi connectivity index (χ3n) is 2.58. The number of hydrogen-bond donors (Lipinski definition) is 2. The molecular weight excluding hydrogens is 214 g/mol. The average Bonchev–Trinajstić information content (AvgIpc) is 2.26. The summed E-state index contributed by atoms with van der Waals surface area (Å²) < 4.78 is 5.61. The minimum Gasteiger partial charge on any atom is -0.506 e. The van der Waals surface area contributed by atoms with Crippen molar-refractivity contribution < 1.29 is 9.84 Å². The average molecular weight is 228 g/mol. The lowest BCUT2D eigenvalue weighted by Crippen LogP contribution is -2.33. The molecule has 3 nitrogen and oxygen atoms in total. The zero-order chi connectivity index (χ0) is 10.8. The third-order valence-corrected chi connectivity index (χ3v) is 2.86. The second kappa shape index (κ2) is 4.39. The van der Waals surface area contributed by atoms with Gasteiger partial charge < -0.3 is 15.2 Å². The molecule has 1 saturated heterocycles. The molecule has 1 aromatic rings. The molecule has 1 aliphatic heterocycles. The molecule has 82 valence electrons. The fourth-order valence-electron chi connectivity index (χ4n) is 1.73. The lowest BCUT2D eigenvalue weighted by Gasteiger charge is -2.24. The van der Waals surface area contributed by atoms with E-state index in [9.17, 15) is 5.11 Å². The minimum absolute atomic E-state index is 0.0375. The van der Waals surface area contributed by atoms with Crippen molar-refractivity contribution in [3.05, 3.63) is 28.3 Å². The molecule has 0 aliphatic carbocycles. The van der Waals surface area contributed by atoms with Gasteiger partial charge in [-0.25, -0.2) is 0 Å². The summed E-state index contributed by atoms with van der Waals surface area (Å²) in [6, 6.07) is 3.68. The lowest BCUT2D eigenvalue weighted by molar-refractivity contribution is 0.0276. The van der Waals surface area contributed by atoms with E-state index in [0.717, 1.165) is 24.2 Å². The van der Waals surface area contributed by atoms with Crippen LogP contribution < -0.4 is 5.32 Å². The predicted molar refractivity (Wildman–Crippen MR) is 59.4 cm³/mol. The summed E-state index contributed by atoms with van der Waals surface area (Å²) in [5, 5.41) is 13.2. The Labute approximate surface area is 94.0 Å². The summed E-state index contributed by atoms with van der Waals surface area (Å²) in [6.45, 7) is 4.23. The number of morpholine rings is 1. The minimum atomic E-state index is 0.0375. The van der Waals surface area contributed by atoms with Gasteiger partial charge in [0.25, 0.3) is 0 Å². The van der Waals surface area contributed by atoms with Crippen LogP contribution in [0.2, 0.25) is 5.02 Å². The van der Waals surface area contributed by atoms with Gasteiger partial charge in [-0.1, -0.05) is 11.6 Å². The molecular formula is C11H14ClNO2. The maximum Gasteiger partial charge on any atom is 0.137 e. The number of aromatic hydroxyl groups is 1. The van der Waals surface area contributed by atoms with Gasteiger partial charge in [-0.3, -0.25) is 0 Å². The number of phenols is 1. The third kappa shape index (κ3) is 2.25. The van der Waals surface area contributed by atoms with E-state index in [1.54, 1.807) is 6.07 Å². The van der Waals surface area contributed by atoms with Crippen LogP contribution in [0.5, 0.6) is 5.75 Å². The van der Waals surface area contributed by atoms with Gasteiger partial charge in [0.05, 0.1) is 17.7 Å². The van der Waals surface area contributed by atoms with Crippen LogP contribution in [-0.2, 0) is 4.74 Å². The van der Waals surface area contributed by atoms with Gasteiger partial charge in [-0.2, -0.15) is 0 Å². The molecule has 1 unspecified atom stereocenters. The fraction of sp³-hybridized carbons (Fsp3) is 0.455. The fourth-order valence-corrected chi connectivity index (χ4v) is 2.00. The van der Waals surface area contributed by atoms with E-state index in [1.807, 2.05) is 13.0 Å². The van der Waals surface area contributed by atoms with Gasteiger partial charge in [0.2, 0.25) is 0 Å². The summed E-state index contributed by atoms with van der Waals surface area (Å²) in [5.74, 6) is 0.157. The maximum absolute atomic E-state index is 9.54. The quantitative estimate of drug-likeness (QED) is 0.771. The topological polar surface area (TPSA) is 41.5 Å². The first-order chi connectivity index (χ1) is 7.18. The summed E-state index contributed by atoms with van der Waals surface area (Å²) in [6.07, 6.45) is 0.0375. The van der Waals surface area contributed by atoms with Crippen molar-refractivity contribution >= 4 is 11.6 Å². The summed E-state index contributed by atoms with van der Waals surface area (Å²) in [4.78, 5) is 0. The summed E-state index contributed by atoms with van der Waals surface area (Å²) >= 11 is 5.91. The van der Waals surface area contributed by atoms with E-state index in [-0.39, 0.29) is 11.9 Å². The molecule has 4 heteroatoms. The number of aryl methyl sites for hydroxylation is 1. The van der Waals surface area contributed by atoms with Crippen LogP contribution >= 0.6 is 11.6 Å². The highest BCUT2D eigenvalue weighted by Crippen LogP contribution is 2.31. The smallest absolute Gasteiger partial charge is 0.137 e. The van der Waals surface area contributed by atoms with Crippen LogP contribution in [0.25, 0.3) is 0 Å². The number of nitrogens with one attached hydrogen (secondary N) is 1. The Morgan fingerprint density at radius 3 is 2.93 bits per heavy atom. The van der Waals surface area contributed by atoms with E-state index in [1.165, 1.54) is 0 Å². The van der Waals surface area contributed by atoms with Gasteiger partial charge in [0.15, 0.2) is 0 Å². The van der Waals surface area contributed by atoms with Gasteiger partial charge in [0, 0.05) is 13.1 Å². The molecule has 1 fully saturated rings. The zero-order valence-corrected chi connectivity index (χ0v) is 9.34. The highest BCUT2D eigenvalue weighted by atomic mass is 35.5.